The molecule has 0 aliphatic heterocycles. The van der Waals surface area contributed by atoms with Gasteiger partial charge in [0, 0.05) is 6.61 Å². The quantitative estimate of drug-likeness (QED) is 0.670. The molecular weight excluding hydrogens is 248 g/mol. The molecule has 1 aromatic carbocycles. The molecule has 0 fully saturated rings. The Morgan fingerprint density at radius 3 is 2.30 bits per heavy atom. The molecule has 2 nitrogen and oxygen atoms in total. The third kappa shape index (κ3) is 5.64. The van der Waals surface area contributed by atoms with Crippen molar-refractivity contribution in [1.82, 2.24) is 0 Å². The maximum Gasteiger partial charge on any atom is 0.105 e. The van der Waals surface area contributed by atoms with Crippen molar-refractivity contribution in [2.24, 2.45) is 5.92 Å². The van der Waals surface area contributed by atoms with E-state index in [9.17, 15) is 5.11 Å². The van der Waals surface area contributed by atoms with Gasteiger partial charge in [0.15, 0.2) is 0 Å². The van der Waals surface area contributed by atoms with Crippen LogP contribution in [0.2, 0.25) is 0 Å². The summed E-state index contributed by atoms with van der Waals surface area (Å²) >= 11 is 0. The van der Waals surface area contributed by atoms with Gasteiger partial charge in [-0.3, -0.25) is 0 Å². The predicted octanol–water partition coefficient (Wildman–Crippen LogP) is 4.73. The monoisotopic (exact) mass is 278 g/mol. The Kier molecular flexibility index (Phi) is 8.56. The van der Waals surface area contributed by atoms with Crippen LogP contribution in [-0.2, 0) is 4.74 Å². The number of benzene rings is 1. The van der Waals surface area contributed by atoms with E-state index in [0.29, 0.717) is 5.92 Å². The van der Waals surface area contributed by atoms with Crippen LogP contribution in [0.15, 0.2) is 30.3 Å². The number of aliphatic hydroxyl groups is 1. The lowest BCUT2D eigenvalue weighted by atomic mass is 9.99. The minimum Gasteiger partial charge on any atom is -0.386 e. The zero-order chi connectivity index (χ0) is 14.8. The van der Waals surface area contributed by atoms with Crippen molar-refractivity contribution in [3.05, 3.63) is 35.9 Å². The van der Waals surface area contributed by atoms with Gasteiger partial charge >= 0.3 is 0 Å². The number of ether oxygens (including phenoxy) is 1. The molecule has 0 aromatic heterocycles. The molecule has 0 bridgehead atoms. The number of aliphatic hydroxyl groups excluding tert-OH is 1. The third-order valence-corrected chi connectivity index (χ3v) is 3.98. The minimum absolute atomic E-state index is 0.104. The van der Waals surface area contributed by atoms with Crippen molar-refractivity contribution in [3.63, 3.8) is 0 Å². The first-order chi connectivity index (χ1) is 9.72. The number of hydrogen-bond donors (Lipinski definition) is 1. The highest BCUT2D eigenvalue weighted by Crippen LogP contribution is 2.23. The second-order valence-corrected chi connectivity index (χ2v) is 5.55. The molecule has 0 amide bonds. The minimum atomic E-state index is -0.523. The summed E-state index contributed by atoms with van der Waals surface area (Å²) in [6, 6.07) is 9.81. The molecule has 0 radical (unpaired) electrons. The second kappa shape index (κ2) is 9.95. The Labute approximate surface area is 124 Å². The lowest BCUT2D eigenvalue weighted by Gasteiger charge is -2.25. The second-order valence-electron chi connectivity index (χ2n) is 5.55. The molecule has 1 rings (SSSR count). The zero-order valence-electron chi connectivity index (χ0n) is 13.2. The lowest BCUT2D eigenvalue weighted by molar-refractivity contribution is -0.0539. The Morgan fingerprint density at radius 1 is 1.05 bits per heavy atom. The molecule has 3 atom stereocenters. The van der Waals surface area contributed by atoms with Crippen LogP contribution >= 0.6 is 0 Å². The topological polar surface area (TPSA) is 29.5 Å². The van der Waals surface area contributed by atoms with Gasteiger partial charge in [0.2, 0.25) is 0 Å². The molecule has 1 N–H and O–H groups in total. The van der Waals surface area contributed by atoms with Crippen LogP contribution in [0.1, 0.15) is 64.5 Å². The van der Waals surface area contributed by atoms with Gasteiger partial charge in [0.25, 0.3) is 0 Å². The Hall–Kier alpha value is -0.860. The van der Waals surface area contributed by atoms with Crippen LogP contribution in [-0.4, -0.2) is 17.8 Å². The van der Waals surface area contributed by atoms with Gasteiger partial charge in [-0.25, -0.2) is 0 Å². The molecule has 1 aromatic rings. The van der Waals surface area contributed by atoms with E-state index in [2.05, 4.69) is 20.8 Å². The van der Waals surface area contributed by atoms with Crippen LogP contribution in [0.25, 0.3) is 0 Å². The van der Waals surface area contributed by atoms with E-state index in [0.717, 1.165) is 25.0 Å². The van der Waals surface area contributed by atoms with Gasteiger partial charge in [-0.05, 0) is 24.3 Å². The maximum absolute atomic E-state index is 10.4. The first-order valence-corrected chi connectivity index (χ1v) is 8.07. The number of hydrogen-bond acceptors (Lipinski definition) is 2. The normalized spacial score (nSPS) is 15.8. The molecule has 0 saturated carbocycles. The van der Waals surface area contributed by atoms with Crippen molar-refractivity contribution in [2.75, 3.05) is 6.61 Å². The van der Waals surface area contributed by atoms with Crippen molar-refractivity contribution < 1.29 is 9.84 Å². The average molecular weight is 278 g/mol. The highest BCUT2D eigenvalue weighted by Gasteiger charge is 2.20. The van der Waals surface area contributed by atoms with Crippen molar-refractivity contribution in [1.29, 1.82) is 0 Å². The predicted molar refractivity (Wildman–Crippen MR) is 84.7 cm³/mol. The molecule has 2 heteroatoms. The van der Waals surface area contributed by atoms with Gasteiger partial charge in [-0.15, -0.1) is 0 Å². The fourth-order valence-electron chi connectivity index (χ4n) is 2.45. The molecule has 0 aliphatic rings. The maximum atomic E-state index is 10.4. The van der Waals surface area contributed by atoms with Crippen LogP contribution in [0.4, 0.5) is 0 Å². The zero-order valence-corrected chi connectivity index (χ0v) is 13.2. The largest absolute Gasteiger partial charge is 0.386 e. The molecule has 0 spiro atoms. The first-order valence-electron chi connectivity index (χ1n) is 8.07. The summed E-state index contributed by atoms with van der Waals surface area (Å²) in [5.74, 6) is 0.618. The van der Waals surface area contributed by atoms with E-state index in [-0.39, 0.29) is 6.10 Å². The lowest BCUT2D eigenvalue weighted by Crippen LogP contribution is -2.24. The van der Waals surface area contributed by atoms with Crippen molar-refractivity contribution >= 4 is 0 Å². The van der Waals surface area contributed by atoms with E-state index < -0.39 is 6.10 Å². The molecular formula is C18H30O2. The van der Waals surface area contributed by atoms with Crippen molar-refractivity contribution in [2.45, 2.75) is 65.1 Å². The number of unbranched alkanes of at least 4 members (excludes halogenated alkanes) is 1. The Morgan fingerprint density at radius 2 is 1.75 bits per heavy atom. The standard InChI is InChI=1S/C18H30O2/c1-4-7-11-15(5-2)14-20-17(6-3)18(19)16-12-9-8-10-13-16/h8-10,12-13,15,17-19H,4-7,11,14H2,1-3H3. The molecule has 3 unspecified atom stereocenters. The van der Waals surface area contributed by atoms with E-state index >= 15 is 0 Å². The van der Waals surface area contributed by atoms with Gasteiger partial charge in [0.05, 0.1) is 6.10 Å². The van der Waals surface area contributed by atoms with Gasteiger partial charge in [0.1, 0.15) is 6.10 Å². The summed E-state index contributed by atoms with van der Waals surface area (Å²) in [6.07, 6.45) is 5.08. The van der Waals surface area contributed by atoms with Crippen LogP contribution in [0, 0.1) is 5.92 Å². The first kappa shape index (κ1) is 17.2. The van der Waals surface area contributed by atoms with Crippen LogP contribution < -0.4 is 0 Å². The fraction of sp³-hybridized carbons (Fsp3) is 0.667. The van der Waals surface area contributed by atoms with Gasteiger partial charge < -0.3 is 9.84 Å². The van der Waals surface area contributed by atoms with E-state index in [4.69, 9.17) is 4.74 Å². The summed E-state index contributed by atoms with van der Waals surface area (Å²) < 4.78 is 6.01. The fourth-order valence-corrected chi connectivity index (χ4v) is 2.45. The molecule has 0 aliphatic carbocycles. The summed E-state index contributed by atoms with van der Waals surface area (Å²) in [7, 11) is 0. The molecule has 0 heterocycles. The van der Waals surface area contributed by atoms with Gasteiger partial charge in [-0.2, -0.15) is 0 Å². The van der Waals surface area contributed by atoms with E-state index in [1.807, 2.05) is 30.3 Å². The Balaban J connectivity index is 2.49. The highest BCUT2D eigenvalue weighted by atomic mass is 16.5. The highest BCUT2D eigenvalue weighted by molar-refractivity contribution is 5.18. The van der Waals surface area contributed by atoms with Crippen LogP contribution in [0.5, 0.6) is 0 Å². The van der Waals surface area contributed by atoms with E-state index in [1.54, 1.807) is 0 Å². The number of rotatable bonds is 10. The summed E-state index contributed by atoms with van der Waals surface area (Å²) in [4.78, 5) is 0. The molecule has 20 heavy (non-hydrogen) atoms. The average Bonchev–Trinajstić information content (AvgIpc) is 2.51. The summed E-state index contributed by atoms with van der Waals surface area (Å²) in [6.45, 7) is 7.28. The summed E-state index contributed by atoms with van der Waals surface area (Å²) in [5.41, 5.74) is 0.945. The molecule has 114 valence electrons. The molecule has 0 saturated heterocycles. The Bertz CT molecular complexity index is 337. The smallest absolute Gasteiger partial charge is 0.105 e. The van der Waals surface area contributed by atoms with Crippen molar-refractivity contribution in [3.8, 4) is 0 Å². The SMILES string of the molecule is CCCCC(CC)COC(CC)C(O)c1ccccc1. The third-order valence-electron chi connectivity index (χ3n) is 3.98. The van der Waals surface area contributed by atoms with Gasteiger partial charge in [-0.1, -0.05) is 70.4 Å². The van der Waals surface area contributed by atoms with E-state index in [1.165, 1.54) is 19.3 Å². The summed E-state index contributed by atoms with van der Waals surface area (Å²) in [5, 5.41) is 10.4. The van der Waals surface area contributed by atoms with Crippen LogP contribution in [0.3, 0.4) is 0 Å².